The van der Waals surface area contributed by atoms with E-state index in [1.807, 2.05) is 30.3 Å². The SMILES string of the molecule is O=C(NCCN1CCN(c2ccc(F)cc2)CC1)C1(c2ccccc2)CC1. The minimum absolute atomic E-state index is 0.165. The van der Waals surface area contributed by atoms with Gasteiger partial charge in [0.15, 0.2) is 0 Å². The predicted molar refractivity (Wildman–Crippen MR) is 105 cm³/mol. The van der Waals surface area contributed by atoms with Crippen molar-refractivity contribution in [3.8, 4) is 0 Å². The first kappa shape index (κ1) is 18.0. The zero-order valence-electron chi connectivity index (χ0n) is 15.5. The Morgan fingerprint density at radius 3 is 2.26 bits per heavy atom. The Morgan fingerprint density at radius 2 is 1.63 bits per heavy atom. The number of benzene rings is 2. The van der Waals surface area contributed by atoms with Crippen LogP contribution in [0.1, 0.15) is 18.4 Å². The summed E-state index contributed by atoms with van der Waals surface area (Å²) in [6.07, 6.45) is 1.89. The zero-order chi connectivity index (χ0) is 18.7. The number of hydrogen-bond acceptors (Lipinski definition) is 3. The van der Waals surface area contributed by atoms with Gasteiger partial charge in [0.25, 0.3) is 0 Å². The number of rotatable bonds is 6. The molecule has 1 aliphatic heterocycles. The van der Waals surface area contributed by atoms with Crippen molar-refractivity contribution >= 4 is 11.6 Å². The molecule has 0 bridgehead atoms. The van der Waals surface area contributed by atoms with Crippen LogP contribution in [0.2, 0.25) is 0 Å². The van der Waals surface area contributed by atoms with Crippen molar-refractivity contribution in [3.63, 3.8) is 0 Å². The Kier molecular flexibility index (Phi) is 5.12. The summed E-state index contributed by atoms with van der Waals surface area (Å²) in [5.74, 6) is -0.0317. The van der Waals surface area contributed by atoms with E-state index in [1.165, 1.54) is 12.1 Å². The number of halogens is 1. The van der Waals surface area contributed by atoms with Crippen molar-refractivity contribution < 1.29 is 9.18 Å². The van der Waals surface area contributed by atoms with Crippen LogP contribution in [0, 0.1) is 5.82 Å². The monoisotopic (exact) mass is 367 g/mol. The van der Waals surface area contributed by atoms with Gasteiger partial charge in [-0.3, -0.25) is 9.69 Å². The fraction of sp³-hybridized carbons (Fsp3) is 0.409. The minimum Gasteiger partial charge on any atom is -0.369 e. The van der Waals surface area contributed by atoms with E-state index in [9.17, 15) is 9.18 Å². The molecule has 0 aromatic heterocycles. The standard InChI is InChI=1S/C22H26FN3O/c23-19-6-8-20(9-7-19)26-16-14-25(15-17-26)13-12-24-21(27)22(10-11-22)18-4-2-1-3-5-18/h1-9H,10-17H2,(H,24,27). The van der Waals surface area contributed by atoms with Crippen molar-refractivity contribution in [2.24, 2.45) is 0 Å². The summed E-state index contributed by atoms with van der Waals surface area (Å²) in [4.78, 5) is 17.3. The van der Waals surface area contributed by atoms with Crippen LogP contribution in [-0.4, -0.2) is 50.1 Å². The third-order valence-corrected chi connectivity index (χ3v) is 5.79. The average molecular weight is 367 g/mol. The summed E-state index contributed by atoms with van der Waals surface area (Å²) in [6, 6.07) is 16.8. The first-order chi connectivity index (χ1) is 13.2. The molecule has 1 N–H and O–H groups in total. The Balaban J connectivity index is 1.22. The van der Waals surface area contributed by atoms with Gasteiger partial charge in [0.2, 0.25) is 5.91 Å². The Labute approximate surface area is 160 Å². The van der Waals surface area contributed by atoms with Crippen LogP contribution in [0.15, 0.2) is 54.6 Å². The second-order valence-corrected chi connectivity index (χ2v) is 7.51. The highest BCUT2D eigenvalue weighted by molar-refractivity contribution is 5.91. The Morgan fingerprint density at radius 1 is 0.963 bits per heavy atom. The number of hydrogen-bond donors (Lipinski definition) is 1. The maximum atomic E-state index is 13.1. The number of carbonyl (C=O) groups excluding carboxylic acids is 1. The number of carbonyl (C=O) groups is 1. The number of nitrogens with zero attached hydrogens (tertiary/aromatic N) is 2. The molecule has 1 saturated heterocycles. The lowest BCUT2D eigenvalue weighted by Gasteiger charge is -2.36. The maximum Gasteiger partial charge on any atom is 0.230 e. The van der Waals surface area contributed by atoms with Gasteiger partial charge in [-0.05, 0) is 42.7 Å². The molecule has 1 amide bonds. The second-order valence-electron chi connectivity index (χ2n) is 7.51. The first-order valence-electron chi connectivity index (χ1n) is 9.74. The van der Waals surface area contributed by atoms with Gasteiger partial charge in [-0.2, -0.15) is 0 Å². The summed E-state index contributed by atoms with van der Waals surface area (Å²) >= 11 is 0. The molecule has 4 rings (SSSR count). The number of amides is 1. The fourth-order valence-corrected chi connectivity index (χ4v) is 3.91. The van der Waals surface area contributed by atoms with Crippen LogP contribution in [0.25, 0.3) is 0 Å². The summed E-state index contributed by atoms with van der Waals surface area (Å²) in [5, 5.41) is 3.14. The number of nitrogens with one attached hydrogen (secondary N) is 1. The largest absolute Gasteiger partial charge is 0.369 e. The fourth-order valence-electron chi connectivity index (χ4n) is 3.91. The van der Waals surface area contributed by atoms with Crippen LogP contribution in [0.3, 0.4) is 0 Å². The van der Waals surface area contributed by atoms with Crippen molar-refractivity contribution in [1.29, 1.82) is 0 Å². The number of anilines is 1. The molecule has 0 atom stereocenters. The molecule has 2 aromatic carbocycles. The van der Waals surface area contributed by atoms with Crippen LogP contribution >= 0.6 is 0 Å². The lowest BCUT2D eigenvalue weighted by atomic mass is 9.95. The molecular formula is C22H26FN3O. The highest BCUT2D eigenvalue weighted by Gasteiger charge is 2.50. The van der Waals surface area contributed by atoms with Crippen molar-refractivity contribution in [1.82, 2.24) is 10.2 Å². The third kappa shape index (κ3) is 3.98. The normalized spacial score (nSPS) is 18.9. The molecule has 4 nitrogen and oxygen atoms in total. The maximum absolute atomic E-state index is 13.1. The Hall–Kier alpha value is -2.40. The van der Waals surface area contributed by atoms with Gasteiger partial charge in [0.05, 0.1) is 5.41 Å². The molecular weight excluding hydrogens is 341 g/mol. The van der Waals surface area contributed by atoms with Crippen molar-refractivity contribution in [2.45, 2.75) is 18.3 Å². The predicted octanol–water partition coefficient (Wildman–Crippen LogP) is 2.80. The summed E-state index contributed by atoms with van der Waals surface area (Å²) < 4.78 is 13.1. The van der Waals surface area contributed by atoms with Gasteiger partial charge in [-0.1, -0.05) is 30.3 Å². The van der Waals surface area contributed by atoms with Gasteiger partial charge in [-0.25, -0.2) is 4.39 Å². The van der Waals surface area contributed by atoms with Gasteiger partial charge in [0, 0.05) is 45.0 Å². The molecule has 1 heterocycles. The molecule has 0 radical (unpaired) electrons. The van der Waals surface area contributed by atoms with E-state index >= 15 is 0 Å². The number of piperazine rings is 1. The van der Waals surface area contributed by atoms with Gasteiger partial charge >= 0.3 is 0 Å². The highest BCUT2D eigenvalue weighted by atomic mass is 19.1. The van der Waals surface area contributed by atoms with Crippen molar-refractivity contribution in [3.05, 3.63) is 66.0 Å². The second kappa shape index (κ2) is 7.69. The van der Waals surface area contributed by atoms with Crippen LogP contribution in [-0.2, 0) is 10.2 Å². The van der Waals surface area contributed by atoms with E-state index in [0.29, 0.717) is 6.54 Å². The van der Waals surface area contributed by atoms with E-state index in [0.717, 1.165) is 56.8 Å². The third-order valence-electron chi connectivity index (χ3n) is 5.79. The van der Waals surface area contributed by atoms with Gasteiger partial charge in [0.1, 0.15) is 5.82 Å². The van der Waals surface area contributed by atoms with Gasteiger partial charge in [-0.15, -0.1) is 0 Å². The highest BCUT2D eigenvalue weighted by Crippen LogP contribution is 2.48. The molecule has 27 heavy (non-hydrogen) atoms. The average Bonchev–Trinajstić information content (AvgIpc) is 3.52. The summed E-state index contributed by atoms with van der Waals surface area (Å²) in [6.45, 7) is 5.31. The van der Waals surface area contributed by atoms with E-state index < -0.39 is 0 Å². The minimum atomic E-state index is -0.289. The van der Waals surface area contributed by atoms with E-state index in [1.54, 1.807) is 0 Å². The molecule has 0 unspecified atom stereocenters. The van der Waals surface area contributed by atoms with Crippen LogP contribution in [0.4, 0.5) is 10.1 Å². The molecule has 1 saturated carbocycles. The molecule has 0 spiro atoms. The van der Waals surface area contributed by atoms with Crippen molar-refractivity contribution in [2.75, 3.05) is 44.2 Å². The quantitative estimate of drug-likeness (QED) is 0.853. The van der Waals surface area contributed by atoms with E-state index in [-0.39, 0.29) is 17.1 Å². The molecule has 2 aliphatic rings. The smallest absolute Gasteiger partial charge is 0.230 e. The van der Waals surface area contributed by atoms with Crippen LogP contribution in [0.5, 0.6) is 0 Å². The summed E-state index contributed by atoms with van der Waals surface area (Å²) in [5.41, 5.74) is 1.92. The topological polar surface area (TPSA) is 35.6 Å². The lowest BCUT2D eigenvalue weighted by Crippen LogP contribution is -2.49. The lowest BCUT2D eigenvalue weighted by molar-refractivity contribution is -0.123. The summed E-state index contributed by atoms with van der Waals surface area (Å²) in [7, 11) is 0. The molecule has 2 fully saturated rings. The molecule has 1 aliphatic carbocycles. The van der Waals surface area contributed by atoms with Gasteiger partial charge < -0.3 is 10.2 Å². The van der Waals surface area contributed by atoms with Crippen LogP contribution < -0.4 is 10.2 Å². The Bertz CT molecular complexity index is 766. The molecule has 5 heteroatoms. The zero-order valence-corrected chi connectivity index (χ0v) is 15.5. The van der Waals surface area contributed by atoms with E-state index in [2.05, 4.69) is 27.2 Å². The molecule has 142 valence electrons. The molecule has 2 aromatic rings. The first-order valence-corrected chi connectivity index (χ1v) is 9.74. The van der Waals surface area contributed by atoms with E-state index in [4.69, 9.17) is 0 Å².